The summed E-state index contributed by atoms with van der Waals surface area (Å²) in [6.07, 6.45) is 5.06. The predicted molar refractivity (Wildman–Crippen MR) is 81.3 cm³/mol. The molecule has 0 unspecified atom stereocenters. The van der Waals surface area contributed by atoms with E-state index in [1.54, 1.807) is 17.4 Å². The number of aliphatic hydroxyl groups is 1. The topological polar surface area (TPSA) is 63.3 Å². The van der Waals surface area contributed by atoms with Crippen LogP contribution in [0.25, 0.3) is 10.6 Å². The SMILES string of the molecule is O=C(CC[C@@H]1CCCC[C@H]1O)c1cc(-c2cccs2)on1. The maximum atomic E-state index is 12.2. The van der Waals surface area contributed by atoms with Gasteiger partial charge in [0.05, 0.1) is 11.0 Å². The molecular formula is C16H19NO3S. The van der Waals surface area contributed by atoms with Gasteiger partial charge in [-0.25, -0.2) is 0 Å². The third kappa shape index (κ3) is 3.41. The average Bonchev–Trinajstić information content (AvgIpc) is 3.16. The van der Waals surface area contributed by atoms with E-state index in [2.05, 4.69) is 5.16 Å². The Morgan fingerprint density at radius 3 is 3.05 bits per heavy atom. The summed E-state index contributed by atoms with van der Waals surface area (Å²) in [6, 6.07) is 5.60. The molecule has 1 aliphatic carbocycles. The summed E-state index contributed by atoms with van der Waals surface area (Å²) in [7, 11) is 0. The number of aliphatic hydroxyl groups excluding tert-OH is 1. The highest BCUT2D eigenvalue weighted by molar-refractivity contribution is 7.13. The number of rotatable bonds is 5. The largest absolute Gasteiger partial charge is 0.393 e. The lowest BCUT2D eigenvalue weighted by Gasteiger charge is -2.27. The fraction of sp³-hybridized carbons (Fsp3) is 0.500. The van der Waals surface area contributed by atoms with Crippen LogP contribution in [0.15, 0.2) is 28.1 Å². The van der Waals surface area contributed by atoms with E-state index in [9.17, 15) is 9.90 Å². The van der Waals surface area contributed by atoms with E-state index in [0.717, 1.165) is 37.0 Å². The van der Waals surface area contributed by atoms with Gasteiger partial charge in [0.25, 0.3) is 0 Å². The summed E-state index contributed by atoms with van der Waals surface area (Å²) in [4.78, 5) is 13.2. The Hall–Kier alpha value is -1.46. The Morgan fingerprint density at radius 1 is 1.43 bits per heavy atom. The van der Waals surface area contributed by atoms with Gasteiger partial charge in [-0.1, -0.05) is 24.1 Å². The molecule has 0 radical (unpaired) electrons. The maximum Gasteiger partial charge on any atom is 0.184 e. The van der Waals surface area contributed by atoms with Crippen LogP contribution in [0.1, 0.15) is 49.0 Å². The molecule has 5 heteroatoms. The van der Waals surface area contributed by atoms with E-state index >= 15 is 0 Å². The molecular weight excluding hydrogens is 286 g/mol. The van der Waals surface area contributed by atoms with Gasteiger partial charge in [0.15, 0.2) is 11.5 Å². The number of Topliss-reactive ketones (excluding diaryl/α,β-unsaturated/α-hetero) is 1. The molecule has 4 nitrogen and oxygen atoms in total. The molecule has 0 aromatic carbocycles. The first kappa shape index (κ1) is 14.5. The summed E-state index contributed by atoms with van der Waals surface area (Å²) in [5.74, 6) is 0.900. The van der Waals surface area contributed by atoms with Gasteiger partial charge in [-0.05, 0) is 36.6 Å². The zero-order valence-electron chi connectivity index (χ0n) is 11.8. The van der Waals surface area contributed by atoms with E-state index in [-0.39, 0.29) is 17.8 Å². The zero-order chi connectivity index (χ0) is 14.7. The molecule has 2 aromatic heterocycles. The Balaban J connectivity index is 1.58. The van der Waals surface area contributed by atoms with Crippen molar-refractivity contribution >= 4 is 17.1 Å². The van der Waals surface area contributed by atoms with Crippen LogP contribution < -0.4 is 0 Å². The van der Waals surface area contributed by atoms with Crippen molar-refractivity contribution < 1.29 is 14.4 Å². The molecule has 1 saturated carbocycles. The average molecular weight is 305 g/mol. The van der Waals surface area contributed by atoms with Crippen molar-refractivity contribution in [1.29, 1.82) is 0 Å². The van der Waals surface area contributed by atoms with Crippen molar-refractivity contribution in [2.24, 2.45) is 5.92 Å². The Morgan fingerprint density at radius 2 is 2.29 bits per heavy atom. The highest BCUT2D eigenvalue weighted by Gasteiger charge is 2.24. The van der Waals surface area contributed by atoms with Crippen molar-refractivity contribution in [3.05, 3.63) is 29.3 Å². The quantitative estimate of drug-likeness (QED) is 0.850. The summed E-state index contributed by atoms with van der Waals surface area (Å²) in [5, 5.41) is 15.8. The van der Waals surface area contributed by atoms with Crippen molar-refractivity contribution in [3.8, 4) is 10.6 Å². The van der Waals surface area contributed by atoms with Gasteiger partial charge in [0.2, 0.25) is 0 Å². The fourth-order valence-electron chi connectivity index (χ4n) is 2.91. The van der Waals surface area contributed by atoms with E-state index in [0.29, 0.717) is 17.9 Å². The molecule has 0 amide bonds. The van der Waals surface area contributed by atoms with Crippen molar-refractivity contribution in [3.63, 3.8) is 0 Å². The van der Waals surface area contributed by atoms with Gasteiger partial charge in [-0.2, -0.15) is 0 Å². The predicted octanol–water partition coefficient (Wildman–Crippen LogP) is 3.92. The van der Waals surface area contributed by atoms with Gasteiger partial charge >= 0.3 is 0 Å². The van der Waals surface area contributed by atoms with Gasteiger partial charge in [0, 0.05) is 12.5 Å². The fourth-order valence-corrected chi connectivity index (χ4v) is 3.58. The third-order valence-electron chi connectivity index (χ3n) is 4.17. The van der Waals surface area contributed by atoms with Crippen molar-refractivity contribution in [1.82, 2.24) is 5.16 Å². The number of thiophene rings is 1. The zero-order valence-corrected chi connectivity index (χ0v) is 12.6. The van der Waals surface area contributed by atoms with Crippen LogP contribution in [0.3, 0.4) is 0 Å². The highest BCUT2D eigenvalue weighted by Crippen LogP contribution is 2.29. The number of nitrogens with zero attached hydrogens (tertiary/aromatic N) is 1. The van der Waals surface area contributed by atoms with Crippen LogP contribution in [0.2, 0.25) is 0 Å². The van der Waals surface area contributed by atoms with Crippen LogP contribution in [0, 0.1) is 5.92 Å². The molecule has 2 heterocycles. The number of ketones is 1. The highest BCUT2D eigenvalue weighted by atomic mass is 32.1. The smallest absolute Gasteiger partial charge is 0.184 e. The first-order valence-corrected chi connectivity index (χ1v) is 8.34. The number of hydrogen-bond acceptors (Lipinski definition) is 5. The van der Waals surface area contributed by atoms with E-state index in [4.69, 9.17) is 4.52 Å². The lowest BCUT2D eigenvalue weighted by molar-refractivity contribution is 0.0622. The van der Waals surface area contributed by atoms with E-state index in [1.807, 2.05) is 17.5 Å². The second-order valence-electron chi connectivity index (χ2n) is 5.63. The van der Waals surface area contributed by atoms with Gasteiger partial charge < -0.3 is 9.63 Å². The second kappa shape index (κ2) is 6.54. The monoisotopic (exact) mass is 305 g/mol. The number of carbonyl (C=O) groups excluding carboxylic acids is 1. The molecule has 3 rings (SSSR count). The normalized spacial score (nSPS) is 22.3. The molecule has 2 aromatic rings. The van der Waals surface area contributed by atoms with Gasteiger partial charge in [-0.15, -0.1) is 11.3 Å². The summed E-state index contributed by atoms with van der Waals surface area (Å²) in [6.45, 7) is 0. The summed E-state index contributed by atoms with van der Waals surface area (Å²) >= 11 is 1.56. The molecule has 1 aliphatic rings. The molecule has 21 heavy (non-hydrogen) atoms. The lowest BCUT2D eigenvalue weighted by atomic mass is 9.83. The Bertz CT molecular complexity index is 590. The summed E-state index contributed by atoms with van der Waals surface area (Å²) < 4.78 is 5.23. The summed E-state index contributed by atoms with van der Waals surface area (Å²) in [5.41, 5.74) is 0.392. The molecule has 2 atom stereocenters. The third-order valence-corrected chi connectivity index (χ3v) is 5.06. The van der Waals surface area contributed by atoms with Gasteiger partial charge in [0.1, 0.15) is 5.69 Å². The first-order valence-electron chi connectivity index (χ1n) is 7.46. The van der Waals surface area contributed by atoms with Gasteiger partial charge in [-0.3, -0.25) is 4.79 Å². The standard InChI is InChI=1S/C16H19NO3S/c18-13-5-2-1-4-11(13)7-8-14(19)12-10-15(20-17-12)16-6-3-9-21-16/h3,6,9-11,13,18H,1-2,4-5,7-8H2/t11-,13+/m0/s1. The minimum Gasteiger partial charge on any atom is -0.393 e. The molecule has 1 N–H and O–H groups in total. The molecule has 0 bridgehead atoms. The maximum absolute atomic E-state index is 12.2. The minimum atomic E-state index is -0.245. The van der Waals surface area contributed by atoms with Crippen LogP contribution in [0.5, 0.6) is 0 Å². The molecule has 112 valence electrons. The number of aromatic nitrogens is 1. The van der Waals surface area contributed by atoms with Crippen LogP contribution in [-0.4, -0.2) is 22.2 Å². The first-order chi connectivity index (χ1) is 10.2. The second-order valence-corrected chi connectivity index (χ2v) is 6.58. The van der Waals surface area contributed by atoms with Crippen molar-refractivity contribution in [2.45, 2.75) is 44.6 Å². The van der Waals surface area contributed by atoms with E-state index < -0.39 is 0 Å². The van der Waals surface area contributed by atoms with Crippen LogP contribution in [-0.2, 0) is 0 Å². The van der Waals surface area contributed by atoms with Crippen molar-refractivity contribution in [2.75, 3.05) is 0 Å². The lowest BCUT2D eigenvalue weighted by Crippen LogP contribution is -2.25. The Labute approximate surface area is 127 Å². The Kier molecular flexibility index (Phi) is 4.51. The number of carbonyl (C=O) groups is 1. The molecule has 0 aliphatic heterocycles. The van der Waals surface area contributed by atoms with Crippen LogP contribution in [0.4, 0.5) is 0 Å². The van der Waals surface area contributed by atoms with E-state index in [1.165, 1.54) is 0 Å². The molecule has 0 saturated heterocycles. The number of hydrogen-bond donors (Lipinski definition) is 1. The minimum absolute atomic E-state index is 0.000621. The van der Waals surface area contributed by atoms with Crippen LogP contribution >= 0.6 is 11.3 Å². The molecule has 0 spiro atoms. The molecule has 1 fully saturated rings.